The second-order valence-corrected chi connectivity index (χ2v) is 3.57. The quantitative estimate of drug-likeness (QED) is 0.727. The first-order chi connectivity index (χ1) is 6.68. The minimum Gasteiger partial charge on any atom is -0.464 e. The summed E-state index contributed by atoms with van der Waals surface area (Å²) in [7, 11) is 0. The van der Waals surface area contributed by atoms with Crippen LogP contribution in [0.1, 0.15) is 5.56 Å². The van der Waals surface area contributed by atoms with Crippen LogP contribution in [0.4, 0.5) is 5.69 Å². The zero-order valence-corrected chi connectivity index (χ0v) is 8.51. The van der Waals surface area contributed by atoms with E-state index < -0.39 is 0 Å². The first-order valence-corrected chi connectivity index (χ1v) is 4.66. The minimum absolute atomic E-state index is 0.557. The van der Waals surface area contributed by atoms with Crippen molar-refractivity contribution in [3.63, 3.8) is 0 Å². The predicted octanol–water partition coefficient (Wildman–Crippen LogP) is 3.49. The summed E-state index contributed by atoms with van der Waals surface area (Å²) in [5, 5.41) is 0.557. The molecule has 1 aromatic carbocycles. The van der Waals surface area contributed by atoms with Crippen LogP contribution in [0, 0.1) is 6.92 Å². The van der Waals surface area contributed by atoms with Gasteiger partial charge in [-0.2, -0.15) is 0 Å². The van der Waals surface area contributed by atoms with Gasteiger partial charge in [-0.25, -0.2) is 0 Å². The molecule has 0 radical (unpaired) electrons. The number of rotatable bonds is 1. The summed E-state index contributed by atoms with van der Waals surface area (Å²) in [6.07, 6.45) is 1.64. The molecule has 0 saturated carbocycles. The smallest absolute Gasteiger partial charge is 0.134 e. The van der Waals surface area contributed by atoms with E-state index in [4.69, 9.17) is 21.8 Å². The number of anilines is 1. The first-order valence-electron chi connectivity index (χ1n) is 4.28. The number of hydrogen-bond acceptors (Lipinski definition) is 2. The molecule has 0 spiro atoms. The van der Waals surface area contributed by atoms with Crippen molar-refractivity contribution in [2.75, 3.05) is 5.73 Å². The molecule has 72 valence electrons. The van der Waals surface area contributed by atoms with E-state index in [1.807, 2.05) is 31.2 Å². The standard InChI is InChI=1S/C11H10ClNO/c1-7-5-10(13)9(12)6-8(7)11-3-2-4-14-11/h2-6H,13H2,1H3. The molecular formula is C11H10ClNO. The average molecular weight is 208 g/mol. The lowest BCUT2D eigenvalue weighted by Crippen LogP contribution is -1.89. The first kappa shape index (κ1) is 9.16. The molecule has 0 bridgehead atoms. The zero-order chi connectivity index (χ0) is 10.1. The Bertz CT molecular complexity index is 449. The molecule has 0 aliphatic heterocycles. The Labute approximate surface area is 87.3 Å². The van der Waals surface area contributed by atoms with Gasteiger partial charge in [-0.1, -0.05) is 11.6 Å². The Hall–Kier alpha value is -1.41. The van der Waals surface area contributed by atoms with E-state index in [-0.39, 0.29) is 0 Å². The average Bonchev–Trinajstić information content (AvgIpc) is 2.64. The van der Waals surface area contributed by atoms with Gasteiger partial charge in [0, 0.05) is 5.56 Å². The van der Waals surface area contributed by atoms with Crippen LogP contribution in [0.25, 0.3) is 11.3 Å². The molecule has 0 unspecified atom stereocenters. The molecule has 0 saturated heterocycles. The van der Waals surface area contributed by atoms with Crippen LogP contribution in [-0.4, -0.2) is 0 Å². The molecule has 0 fully saturated rings. The molecule has 2 N–H and O–H groups in total. The third kappa shape index (κ3) is 1.49. The molecule has 0 aliphatic carbocycles. The zero-order valence-electron chi connectivity index (χ0n) is 7.75. The van der Waals surface area contributed by atoms with Crippen molar-refractivity contribution in [1.82, 2.24) is 0 Å². The SMILES string of the molecule is Cc1cc(N)c(Cl)cc1-c1ccco1. The highest BCUT2D eigenvalue weighted by Gasteiger charge is 2.07. The van der Waals surface area contributed by atoms with E-state index in [9.17, 15) is 0 Å². The highest BCUT2D eigenvalue weighted by molar-refractivity contribution is 6.33. The van der Waals surface area contributed by atoms with E-state index in [0.29, 0.717) is 10.7 Å². The van der Waals surface area contributed by atoms with Crippen molar-refractivity contribution in [3.05, 3.63) is 41.1 Å². The highest BCUT2D eigenvalue weighted by Crippen LogP contribution is 2.30. The molecule has 0 atom stereocenters. The van der Waals surface area contributed by atoms with Gasteiger partial charge in [0.05, 0.1) is 17.0 Å². The Kier molecular flexibility index (Phi) is 2.22. The van der Waals surface area contributed by atoms with Gasteiger partial charge in [0.15, 0.2) is 0 Å². The number of halogens is 1. The van der Waals surface area contributed by atoms with Gasteiger partial charge in [-0.3, -0.25) is 0 Å². The van der Waals surface area contributed by atoms with Gasteiger partial charge in [-0.05, 0) is 36.8 Å². The van der Waals surface area contributed by atoms with Gasteiger partial charge < -0.3 is 10.2 Å². The largest absolute Gasteiger partial charge is 0.464 e. The molecule has 1 aromatic heterocycles. The van der Waals surface area contributed by atoms with Crippen LogP contribution in [-0.2, 0) is 0 Å². The third-order valence-electron chi connectivity index (χ3n) is 2.13. The summed E-state index contributed by atoms with van der Waals surface area (Å²) < 4.78 is 5.30. The molecule has 3 heteroatoms. The summed E-state index contributed by atoms with van der Waals surface area (Å²) in [6, 6.07) is 7.42. The number of furan rings is 1. The molecule has 1 heterocycles. The molecule has 0 amide bonds. The highest BCUT2D eigenvalue weighted by atomic mass is 35.5. The lowest BCUT2D eigenvalue weighted by atomic mass is 10.1. The van der Waals surface area contributed by atoms with Crippen molar-refractivity contribution in [2.24, 2.45) is 0 Å². The fourth-order valence-electron chi connectivity index (χ4n) is 1.40. The molecular weight excluding hydrogens is 198 g/mol. The maximum atomic E-state index is 5.94. The number of nitrogens with two attached hydrogens (primary N) is 1. The summed E-state index contributed by atoms with van der Waals surface area (Å²) in [5.74, 6) is 0.810. The van der Waals surface area contributed by atoms with Gasteiger partial charge in [-0.15, -0.1) is 0 Å². The maximum absolute atomic E-state index is 5.94. The summed E-state index contributed by atoms with van der Waals surface area (Å²) in [5.41, 5.74) is 8.32. The second-order valence-electron chi connectivity index (χ2n) is 3.17. The maximum Gasteiger partial charge on any atom is 0.134 e. The van der Waals surface area contributed by atoms with Crippen molar-refractivity contribution < 1.29 is 4.42 Å². The summed E-state index contributed by atoms with van der Waals surface area (Å²) in [6.45, 7) is 1.98. The van der Waals surface area contributed by atoms with Crippen LogP contribution < -0.4 is 5.73 Å². The van der Waals surface area contributed by atoms with Crippen LogP contribution in [0.3, 0.4) is 0 Å². The van der Waals surface area contributed by atoms with Crippen molar-refractivity contribution in [1.29, 1.82) is 0 Å². The third-order valence-corrected chi connectivity index (χ3v) is 2.46. The Morgan fingerprint density at radius 3 is 2.79 bits per heavy atom. The van der Waals surface area contributed by atoms with Gasteiger partial charge in [0.2, 0.25) is 0 Å². The number of hydrogen-bond donors (Lipinski definition) is 1. The van der Waals surface area contributed by atoms with Crippen LogP contribution in [0.15, 0.2) is 34.9 Å². The Balaban J connectivity index is 2.60. The second kappa shape index (κ2) is 3.39. The van der Waals surface area contributed by atoms with Gasteiger partial charge >= 0.3 is 0 Å². The lowest BCUT2D eigenvalue weighted by molar-refractivity contribution is 0.582. The fraction of sp³-hybridized carbons (Fsp3) is 0.0909. The predicted molar refractivity (Wildman–Crippen MR) is 58.3 cm³/mol. The van der Waals surface area contributed by atoms with E-state index >= 15 is 0 Å². The van der Waals surface area contributed by atoms with Crippen LogP contribution in [0.5, 0.6) is 0 Å². The normalized spacial score (nSPS) is 10.4. The van der Waals surface area contributed by atoms with Gasteiger partial charge in [0.1, 0.15) is 5.76 Å². The van der Waals surface area contributed by atoms with Gasteiger partial charge in [0.25, 0.3) is 0 Å². The molecule has 2 nitrogen and oxygen atoms in total. The lowest BCUT2D eigenvalue weighted by Gasteiger charge is -2.05. The monoisotopic (exact) mass is 207 g/mol. The van der Waals surface area contributed by atoms with Crippen LogP contribution >= 0.6 is 11.6 Å². The number of benzene rings is 1. The number of aryl methyl sites for hydroxylation is 1. The molecule has 2 rings (SSSR count). The van der Waals surface area contributed by atoms with Crippen LogP contribution in [0.2, 0.25) is 5.02 Å². The summed E-state index contributed by atoms with van der Waals surface area (Å²) in [4.78, 5) is 0. The topological polar surface area (TPSA) is 39.2 Å². The van der Waals surface area contributed by atoms with E-state index in [1.165, 1.54) is 0 Å². The van der Waals surface area contributed by atoms with Crippen molar-refractivity contribution >= 4 is 17.3 Å². The Morgan fingerprint density at radius 1 is 1.36 bits per heavy atom. The fourth-order valence-corrected chi connectivity index (χ4v) is 1.56. The van der Waals surface area contributed by atoms with Crippen molar-refractivity contribution in [2.45, 2.75) is 6.92 Å². The minimum atomic E-state index is 0.557. The summed E-state index contributed by atoms with van der Waals surface area (Å²) >= 11 is 5.94. The van der Waals surface area contributed by atoms with E-state index in [2.05, 4.69) is 0 Å². The molecule has 2 aromatic rings. The van der Waals surface area contributed by atoms with E-state index in [0.717, 1.165) is 16.9 Å². The molecule has 14 heavy (non-hydrogen) atoms. The Morgan fingerprint density at radius 2 is 2.14 bits per heavy atom. The van der Waals surface area contributed by atoms with E-state index in [1.54, 1.807) is 6.26 Å². The van der Waals surface area contributed by atoms with Crippen molar-refractivity contribution in [3.8, 4) is 11.3 Å². The number of nitrogen functional groups attached to an aromatic ring is 1. The molecule has 0 aliphatic rings.